The van der Waals surface area contributed by atoms with Crippen LogP contribution in [0.1, 0.15) is 31.2 Å². The van der Waals surface area contributed by atoms with E-state index in [-0.39, 0.29) is 5.91 Å². The third-order valence-corrected chi connectivity index (χ3v) is 4.29. The van der Waals surface area contributed by atoms with Crippen molar-refractivity contribution in [2.24, 2.45) is 0 Å². The predicted molar refractivity (Wildman–Crippen MR) is 81.1 cm³/mol. The van der Waals surface area contributed by atoms with Crippen LogP contribution in [0.4, 0.5) is 0 Å². The fourth-order valence-corrected chi connectivity index (χ4v) is 2.91. The highest BCUT2D eigenvalue weighted by atomic mass is 79.9. The lowest BCUT2D eigenvalue weighted by Crippen LogP contribution is -2.39. The largest absolute Gasteiger partial charge is 0.356 e. The van der Waals surface area contributed by atoms with E-state index in [0.717, 1.165) is 23.9 Å². The summed E-state index contributed by atoms with van der Waals surface area (Å²) in [5, 5.41) is 6.40. The number of amides is 1. The van der Waals surface area contributed by atoms with Crippen LogP contribution < -0.4 is 10.6 Å². The zero-order chi connectivity index (χ0) is 13.5. The van der Waals surface area contributed by atoms with Gasteiger partial charge in [0.15, 0.2) is 0 Å². The molecule has 1 aliphatic heterocycles. The van der Waals surface area contributed by atoms with Gasteiger partial charge in [-0.15, -0.1) is 0 Å². The van der Waals surface area contributed by atoms with Crippen molar-refractivity contribution in [1.29, 1.82) is 0 Å². The summed E-state index contributed by atoms with van der Waals surface area (Å²) in [7, 11) is 0. The molecule has 0 spiro atoms. The summed E-state index contributed by atoms with van der Waals surface area (Å²) in [5.41, 5.74) is 1.23. The second kappa shape index (κ2) is 7.65. The summed E-state index contributed by atoms with van der Waals surface area (Å²) in [6.07, 6.45) is 5.07. The van der Waals surface area contributed by atoms with E-state index in [9.17, 15) is 4.79 Å². The fraction of sp³-hybridized carbons (Fsp3) is 0.533. The van der Waals surface area contributed by atoms with Crippen molar-refractivity contribution in [2.75, 3.05) is 13.1 Å². The molecule has 19 heavy (non-hydrogen) atoms. The van der Waals surface area contributed by atoms with Crippen LogP contribution in [0.3, 0.4) is 0 Å². The van der Waals surface area contributed by atoms with Gasteiger partial charge in [0.2, 0.25) is 5.91 Å². The fourth-order valence-electron chi connectivity index (χ4n) is 2.43. The van der Waals surface area contributed by atoms with Crippen molar-refractivity contribution in [2.45, 2.75) is 38.1 Å². The van der Waals surface area contributed by atoms with Gasteiger partial charge in [0, 0.05) is 23.5 Å². The minimum Gasteiger partial charge on any atom is -0.356 e. The summed E-state index contributed by atoms with van der Waals surface area (Å²) < 4.78 is 1.11. The van der Waals surface area contributed by atoms with Crippen LogP contribution in [0.15, 0.2) is 28.7 Å². The third kappa shape index (κ3) is 4.96. The molecule has 0 saturated carbocycles. The third-order valence-electron chi connectivity index (χ3n) is 3.52. The summed E-state index contributed by atoms with van der Waals surface area (Å²) in [5.74, 6) is 0.159. The number of carbonyl (C=O) groups is 1. The van der Waals surface area contributed by atoms with Gasteiger partial charge < -0.3 is 10.6 Å². The number of piperidine rings is 1. The molecule has 0 aromatic heterocycles. The number of nitrogens with one attached hydrogen (secondary N) is 2. The molecule has 104 valence electrons. The molecule has 0 radical (unpaired) electrons. The molecule has 2 rings (SSSR count). The molecule has 1 unspecified atom stereocenters. The zero-order valence-corrected chi connectivity index (χ0v) is 12.7. The van der Waals surface area contributed by atoms with Gasteiger partial charge in [0.05, 0.1) is 0 Å². The van der Waals surface area contributed by atoms with Gasteiger partial charge in [0.25, 0.3) is 0 Å². The summed E-state index contributed by atoms with van der Waals surface area (Å²) in [6.45, 7) is 1.75. The Bertz CT molecular complexity index is 416. The van der Waals surface area contributed by atoms with E-state index >= 15 is 0 Å². The lowest BCUT2D eigenvalue weighted by Gasteiger charge is -2.22. The summed E-state index contributed by atoms with van der Waals surface area (Å²) >= 11 is 3.52. The van der Waals surface area contributed by atoms with Crippen molar-refractivity contribution in [3.8, 4) is 0 Å². The molecule has 1 heterocycles. The quantitative estimate of drug-likeness (QED) is 0.874. The van der Waals surface area contributed by atoms with Crippen LogP contribution in [0, 0.1) is 0 Å². The second-order valence-electron chi connectivity index (χ2n) is 5.04. The van der Waals surface area contributed by atoms with E-state index < -0.39 is 0 Å². The van der Waals surface area contributed by atoms with Crippen molar-refractivity contribution >= 4 is 21.8 Å². The molecule has 1 aliphatic rings. The van der Waals surface area contributed by atoms with Crippen molar-refractivity contribution in [3.05, 3.63) is 34.3 Å². The molecular formula is C15H21BrN2O. The van der Waals surface area contributed by atoms with Gasteiger partial charge in [-0.1, -0.05) is 40.5 Å². The Morgan fingerprint density at radius 2 is 2.21 bits per heavy atom. The highest BCUT2D eigenvalue weighted by molar-refractivity contribution is 9.10. The van der Waals surface area contributed by atoms with Gasteiger partial charge in [-0.2, -0.15) is 0 Å². The minimum absolute atomic E-state index is 0.159. The van der Waals surface area contributed by atoms with E-state index in [1.165, 1.54) is 18.4 Å². The molecule has 0 aliphatic carbocycles. The summed E-state index contributed by atoms with van der Waals surface area (Å²) in [6, 6.07) is 8.51. The minimum atomic E-state index is 0.159. The van der Waals surface area contributed by atoms with E-state index in [1.54, 1.807) is 0 Å². The van der Waals surface area contributed by atoms with Gasteiger partial charge >= 0.3 is 0 Å². The van der Waals surface area contributed by atoms with Gasteiger partial charge in [-0.25, -0.2) is 0 Å². The Morgan fingerprint density at radius 3 is 2.95 bits per heavy atom. The Balaban J connectivity index is 1.67. The Hall–Kier alpha value is -0.870. The van der Waals surface area contributed by atoms with Crippen LogP contribution in [0.5, 0.6) is 0 Å². The Morgan fingerprint density at radius 1 is 1.37 bits per heavy atom. The van der Waals surface area contributed by atoms with Gasteiger partial charge in [-0.05, 0) is 37.4 Å². The second-order valence-corrected chi connectivity index (χ2v) is 5.90. The molecule has 1 saturated heterocycles. The van der Waals surface area contributed by atoms with Crippen molar-refractivity contribution in [3.63, 3.8) is 0 Å². The Labute approximate surface area is 123 Å². The van der Waals surface area contributed by atoms with Gasteiger partial charge in [0.1, 0.15) is 0 Å². The first-order valence-electron chi connectivity index (χ1n) is 6.99. The molecule has 3 nitrogen and oxygen atoms in total. The molecule has 2 N–H and O–H groups in total. The van der Waals surface area contributed by atoms with E-state index in [2.05, 4.69) is 32.6 Å². The standard InChI is InChI=1S/C15H21BrN2O/c16-14-7-2-1-5-12(14)8-10-18-15(19)11-13-6-3-4-9-17-13/h1-2,5,7,13,17H,3-4,6,8-11H2,(H,18,19). The molecule has 1 fully saturated rings. The van der Waals surface area contributed by atoms with Crippen LogP contribution in [-0.2, 0) is 11.2 Å². The number of benzene rings is 1. The van der Waals surface area contributed by atoms with Crippen molar-refractivity contribution in [1.82, 2.24) is 10.6 Å². The van der Waals surface area contributed by atoms with Crippen LogP contribution in [-0.4, -0.2) is 25.0 Å². The summed E-state index contributed by atoms with van der Waals surface area (Å²) in [4.78, 5) is 11.8. The lowest BCUT2D eigenvalue weighted by atomic mass is 10.0. The molecule has 1 aromatic carbocycles. The van der Waals surface area contributed by atoms with Crippen LogP contribution in [0.25, 0.3) is 0 Å². The van der Waals surface area contributed by atoms with E-state index in [0.29, 0.717) is 19.0 Å². The first-order valence-corrected chi connectivity index (χ1v) is 7.78. The molecule has 1 atom stereocenters. The van der Waals surface area contributed by atoms with E-state index in [4.69, 9.17) is 0 Å². The number of carbonyl (C=O) groups excluding carboxylic acids is 1. The average molecular weight is 325 g/mol. The maximum absolute atomic E-state index is 11.8. The lowest BCUT2D eigenvalue weighted by molar-refractivity contribution is -0.121. The average Bonchev–Trinajstić information content (AvgIpc) is 2.42. The molecular weight excluding hydrogens is 304 g/mol. The monoisotopic (exact) mass is 324 g/mol. The number of hydrogen-bond acceptors (Lipinski definition) is 2. The van der Waals surface area contributed by atoms with Crippen LogP contribution in [0.2, 0.25) is 0 Å². The normalized spacial score (nSPS) is 19.1. The number of rotatable bonds is 5. The van der Waals surface area contributed by atoms with Gasteiger partial charge in [-0.3, -0.25) is 4.79 Å². The predicted octanol–water partition coefficient (Wildman–Crippen LogP) is 2.64. The maximum Gasteiger partial charge on any atom is 0.221 e. The SMILES string of the molecule is O=C(CC1CCCCN1)NCCc1ccccc1Br. The number of halogens is 1. The molecule has 1 aromatic rings. The molecule has 4 heteroatoms. The maximum atomic E-state index is 11.8. The topological polar surface area (TPSA) is 41.1 Å². The highest BCUT2D eigenvalue weighted by Gasteiger charge is 2.15. The first kappa shape index (κ1) is 14.5. The Kier molecular flexibility index (Phi) is 5.86. The van der Waals surface area contributed by atoms with E-state index in [1.807, 2.05) is 18.2 Å². The van der Waals surface area contributed by atoms with Crippen molar-refractivity contribution < 1.29 is 4.79 Å². The number of hydrogen-bond donors (Lipinski definition) is 2. The van der Waals surface area contributed by atoms with Crippen LogP contribution >= 0.6 is 15.9 Å². The molecule has 0 bridgehead atoms. The zero-order valence-electron chi connectivity index (χ0n) is 11.1. The molecule has 1 amide bonds. The highest BCUT2D eigenvalue weighted by Crippen LogP contribution is 2.15. The first-order chi connectivity index (χ1) is 9.25. The smallest absolute Gasteiger partial charge is 0.221 e.